The molecule has 5 nitrogen and oxygen atoms in total. The first kappa shape index (κ1) is 64.6. The van der Waals surface area contributed by atoms with Gasteiger partial charge in [-0.2, -0.15) is 0 Å². The molecule has 2 aliphatic carbocycles. The number of rotatable bonds is 11. The number of benzene rings is 16. The summed E-state index contributed by atoms with van der Waals surface area (Å²) in [6, 6.07) is 141. The summed E-state index contributed by atoms with van der Waals surface area (Å²) in [5.74, 6) is 1.07. The number of aryl methyl sites for hydroxylation is 1. The number of aromatic nitrogens is 5. The molecular weight excluding hydrogens is 1350 g/mol. The molecule has 516 valence electrons. The summed E-state index contributed by atoms with van der Waals surface area (Å²) in [4.78, 5) is 20.5. The predicted octanol–water partition coefficient (Wildman–Crippen LogP) is 26.3. The fraction of sp³-hybridized carbons (Fsp3) is 0.0385. The van der Waals surface area contributed by atoms with Crippen molar-refractivity contribution < 1.29 is 0 Å². The van der Waals surface area contributed by atoms with Crippen molar-refractivity contribution in [2.45, 2.75) is 24.2 Å². The second-order valence-corrected chi connectivity index (χ2v) is 29.9. The van der Waals surface area contributed by atoms with Crippen LogP contribution >= 0.6 is 11.3 Å². The molecule has 2 aliphatic rings. The summed E-state index contributed by atoms with van der Waals surface area (Å²) >= 11 is 1.74. The molecule has 0 bridgehead atoms. The van der Waals surface area contributed by atoms with E-state index in [0.29, 0.717) is 0 Å². The van der Waals surface area contributed by atoms with Gasteiger partial charge in [0.15, 0.2) is 0 Å². The van der Waals surface area contributed by atoms with Crippen molar-refractivity contribution in [3.63, 3.8) is 0 Å². The number of hydrogen-bond donors (Lipinski definition) is 0. The zero-order valence-corrected chi connectivity index (χ0v) is 61.1. The highest BCUT2D eigenvalue weighted by atomic mass is 32.1. The normalized spacial score (nSPS) is 13.0. The van der Waals surface area contributed by atoms with Crippen molar-refractivity contribution >= 4 is 75.9 Å². The number of hydrogen-bond acceptors (Lipinski definition) is 5. The number of fused-ring (bicyclic) bond motifs is 14. The van der Waals surface area contributed by atoms with Crippen LogP contribution in [0.3, 0.4) is 0 Å². The molecule has 0 saturated heterocycles. The van der Waals surface area contributed by atoms with Crippen LogP contribution in [0.2, 0.25) is 0 Å². The maximum atomic E-state index is 5.38. The van der Waals surface area contributed by atoms with Gasteiger partial charge in [-0.05, 0) is 173 Å². The van der Waals surface area contributed by atoms with Gasteiger partial charge >= 0.3 is 0 Å². The third-order valence-corrected chi connectivity index (χ3v) is 24.1. The Morgan fingerprint density at radius 2 is 0.627 bits per heavy atom. The number of pyridine rings is 2. The van der Waals surface area contributed by atoms with Crippen molar-refractivity contribution in [1.82, 2.24) is 24.5 Å². The Hall–Kier alpha value is -13.8. The van der Waals surface area contributed by atoms with Crippen LogP contribution in [-0.4, -0.2) is 24.5 Å². The number of imidazole rings is 1. The van der Waals surface area contributed by atoms with Crippen molar-refractivity contribution in [1.29, 1.82) is 0 Å². The van der Waals surface area contributed by atoms with E-state index in [1.54, 1.807) is 11.3 Å². The maximum Gasteiger partial charge on any atom is 0.124 e. The van der Waals surface area contributed by atoms with Gasteiger partial charge in [-0.3, -0.25) is 4.57 Å². The summed E-state index contributed by atoms with van der Waals surface area (Å²) in [6.45, 7) is 2.16. The Kier molecular flexibility index (Phi) is 15.5. The highest BCUT2D eigenvalue weighted by Gasteiger charge is 2.48. The van der Waals surface area contributed by atoms with E-state index in [9.17, 15) is 0 Å². The van der Waals surface area contributed by atoms with Crippen molar-refractivity contribution in [3.8, 4) is 83.3 Å². The third kappa shape index (κ3) is 10.3. The Bertz CT molecular complexity index is 6840. The highest BCUT2D eigenvalue weighted by Crippen LogP contribution is 2.60. The molecule has 0 N–H and O–H groups in total. The van der Waals surface area contributed by atoms with Gasteiger partial charge in [-0.25, -0.2) is 19.9 Å². The molecular formula is C104H69N5S. The fourth-order valence-electron chi connectivity index (χ4n) is 18.1. The third-order valence-electron chi connectivity index (χ3n) is 23.0. The standard InChI is InChI=1S/C53H37N3.C51H32N2S/c1-2-51-54-49-23-13-14-24-50(49)56(51)40-31-29-36(30-32-40)35-25-27-37(28-26-35)52-45-33-44-41-19-9-11-21-46(41)53(38-15-5-3-6-16-38,39-17-7-4-8-18-39)47(44)34-43(45)42-20-10-12-22-48(42)55-52;1-3-13-37(14-4-1)51(38-15-5-2-6-16-38)44-19-9-7-17-39(44)42-31-43-41(32-45(42)51)40-18-8-10-20-46(40)52-49(43)35-27-23-33(24-28-35)34-25-29-36(30-26-34)50-53-47-21-11-12-22-48(47)54-50/h3-34H,2H2,1H3;1-32H. The van der Waals surface area contributed by atoms with Crippen LogP contribution in [0.4, 0.5) is 0 Å². The molecule has 0 atom stereocenters. The minimum atomic E-state index is -0.465. The van der Waals surface area contributed by atoms with Gasteiger partial charge in [0.25, 0.3) is 0 Å². The monoisotopic (exact) mass is 1420 g/mol. The molecule has 22 rings (SSSR count). The summed E-state index contributed by atoms with van der Waals surface area (Å²) in [5.41, 5.74) is 30.8. The van der Waals surface area contributed by atoms with Crippen LogP contribution < -0.4 is 0 Å². The molecule has 0 aliphatic heterocycles. The van der Waals surface area contributed by atoms with E-state index >= 15 is 0 Å². The molecule has 110 heavy (non-hydrogen) atoms. The van der Waals surface area contributed by atoms with E-state index < -0.39 is 10.8 Å². The number of nitrogens with zero attached hydrogens (tertiary/aromatic N) is 5. The first-order valence-corrected chi connectivity index (χ1v) is 38.7. The topological polar surface area (TPSA) is 56.5 Å². The van der Waals surface area contributed by atoms with Gasteiger partial charge in [0.2, 0.25) is 0 Å². The van der Waals surface area contributed by atoms with Gasteiger partial charge in [-0.15, -0.1) is 11.3 Å². The summed E-state index contributed by atoms with van der Waals surface area (Å²) in [5, 5.41) is 8.12. The summed E-state index contributed by atoms with van der Waals surface area (Å²) in [7, 11) is 0. The first-order valence-electron chi connectivity index (χ1n) is 37.9. The zero-order chi connectivity index (χ0) is 72.9. The molecule has 0 radical (unpaired) electrons. The van der Waals surface area contributed by atoms with Crippen LogP contribution in [0.15, 0.2) is 388 Å². The summed E-state index contributed by atoms with van der Waals surface area (Å²) < 4.78 is 3.49. The lowest BCUT2D eigenvalue weighted by Crippen LogP contribution is -2.28. The first-order chi connectivity index (χ1) is 54.5. The van der Waals surface area contributed by atoms with Gasteiger partial charge in [-0.1, -0.05) is 322 Å². The Morgan fingerprint density at radius 1 is 0.264 bits per heavy atom. The maximum absolute atomic E-state index is 5.38. The smallest absolute Gasteiger partial charge is 0.124 e. The van der Waals surface area contributed by atoms with Gasteiger partial charge in [0.05, 0.1) is 54.5 Å². The van der Waals surface area contributed by atoms with E-state index in [0.717, 1.165) is 100 Å². The molecule has 4 aromatic heterocycles. The molecule has 0 unspecified atom stereocenters. The average molecular weight is 1420 g/mol. The van der Waals surface area contributed by atoms with Gasteiger partial charge in [0, 0.05) is 50.3 Å². The molecule has 0 spiro atoms. The zero-order valence-electron chi connectivity index (χ0n) is 60.3. The Morgan fingerprint density at radius 3 is 1.07 bits per heavy atom. The van der Waals surface area contributed by atoms with Gasteiger partial charge < -0.3 is 0 Å². The highest BCUT2D eigenvalue weighted by molar-refractivity contribution is 7.21. The predicted molar refractivity (Wildman–Crippen MR) is 457 cm³/mol. The fourth-order valence-corrected chi connectivity index (χ4v) is 19.0. The van der Waals surface area contributed by atoms with Crippen LogP contribution in [0.25, 0.3) is 148 Å². The van der Waals surface area contributed by atoms with E-state index in [1.165, 1.54) is 104 Å². The van der Waals surface area contributed by atoms with E-state index in [2.05, 4.69) is 394 Å². The van der Waals surface area contributed by atoms with Crippen LogP contribution in [0.1, 0.15) is 57.3 Å². The van der Waals surface area contributed by atoms with E-state index in [-0.39, 0.29) is 0 Å². The van der Waals surface area contributed by atoms with Crippen LogP contribution in [0, 0.1) is 0 Å². The average Bonchev–Trinajstić information content (AvgIpc) is 1.54. The van der Waals surface area contributed by atoms with E-state index in [4.69, 9.17) is 19.9 Å². The number of thiazole rings is 1. The summed E-state index contributed by atoms with van der Waals surface area (Å²) in [6.07, 6.45) is 0.867. The molecule has 0 amide bonds. The van der Waals surface area contributed by atoms with Crippen molar-refractivity contribution in [2.24, 2.45) is 0 Å². The van der Waals surface area contributed by atoms with Crippen molar-refractivity contribution in [3.05, 3.63) is 439 Å². The van der Waals surface area contributed by atoms with Crippen LogP contribution in [-0.2, 0) is 17.3 Å². The second-order valence-electron chi connectivity index (χ2n) is 28.9. The Labute approximate surface area is 642 Å². The molecule has 0 fully saturated rings. The van der Waals surface area contributed by atoms with Crippen molar-refractivity contribution in [2.75, 3.05) is 0 Å². The molecule has 6 heteroatoms. The largest absolute Gasteiger partial charge is 0.296 e. The molecule has 4 heterocycles. The minimum Gasteiger partial charge on any atom is -0.296 e. The molecule has 0 saturated carbocycles. The Balaban J connectivity index is 0.000000140. The van der Waals surface area contributed by atoms with Crippen LogP contribution in [0.5, 0.6) is 0 Å². The lowest BCUT2D eigenvalue weighted by atomic mass is 9.67. The number of para-hydroxylation sites is 5. The van der Waals surface area contributed by atoms with E-state index in [1.807, 2.05) is 6.07 Å². The SMILES string of the molecule is CCc1nc2ccccc2n1-c1ccc(-c2ccc(-c3nc4ccccc4c4cc5c(cc34)-c3ccccc3C5(c3ccccc3)c3ccccc3)cc2)cc1.c1ccc(C2(c3ccccc3)c3ccccc3-c3cc4c(-c5ccc(-c6ccc(-c7nc8ccccc8s7)cc6)cc5)nc5ccccc5c4cc32)cc1. The minimum absolute atomic E-state index is 0.461. The second kappa shape index (κ2) is 26.3. The molecule has 16 aromatic carbocycles. The quantitative estimate of drug-likeness (QED) is 0.121. The van der Waals surface area contributed by atoms with Gasteiger partial charge in [0.1, 0.15) is 10.8 Å². The molecule has 20 aromatic rings. The lowest BCUT2D eigenvalue weighted by Gasteiger charge is -2.34. The lowest BCUT2D eigenvalue weighted by molar-refractivity contribution is 0.769.